The lowest BCUT2D eigenvalue weighted by molar-refractivity contribution is -0.155. The molecule has 1 amide bonds. The van der Waals surface area contributed by atoms with E-state index in [1.54, 1.807) is 18.4 Å². The second kappa shape index (κ2) is 6.98. The number of hydrogen-bond donors (Lipinski definition) is 0. The maximum Gasteiger partial charge on any atom is 0.245 e. The zero-order valence-electron chi connectivity index (χ0n) is 14.1. The molecule has 7 heteroatoms. The van der Waals surface area contributed by atoms with Crippen LogP contribution in [0.25, 0.3) is 0 Å². The van der Waals surface area contributed by atoms with Gasteiger partial charge in [0.1, 0.15) is 6.04 Å². The summed E-state index contributed by atoms with van der Waals surface area (Å²) in [5.41, 5.74) is 0. The molecule has 4 rings (SSSR count). The molecule has 1 saturated carbocycles. The van der Waals surface area contributed by atoms with Crippen LogP contribution in [0, 0.1) is 0 Å². The van der Waals surface area contributed by atoms with Crippen molar-refractivity contribution >= 4 is 22.4 Å². The number of rotatable bonds is 3. The van der Waals surface area contributed by atoms with Crippen LogP contribution in [0.5, 0.6) is 0 Å². The first-order chi connectivity index (χ1) is 11.8. The quantitative estimate of drug-likeness (QED) is 0.833. The normalized spacial score (nSPS) is 33.5. The Kier molecular flexibility index (Phi) is 4.74. The molecule has 3 heterocycles. The van der Waals surface area contributed by atoms with Crippen LogP contribution in [0.2, 0.25) is 0 Å². The van der Waals surface area contributed by atoms with Gasteiger partial charge in [0.15, 0.2) is 5.13 Å². The molecule has 24 heavy (non-hydrogen) atoms. The molecular formula is C17H25N3O3S. The fraction of sp³-hybridized carbons (Fsp3) is 0.765. The van der Waals surface area contributed by atoms with Gasteiger partial charge in [-0.05, 0) is 32.1 Å². The van der Waals surface area contributed by atoms with E-state index in [9.17, 15) is 4.79 Å². The molecule has 3 fully saturated rings. The third-order valence-electron chi connectivity index (χ3n) is 5.59. The molecule has 6 nitrogen and oxygen atoms in total. The lowest BCUT2D eigenvalue weighted by atomic mass is 9.87. The number of methoxy groups -OCH3 is 1. The van der Waals surface area contributed by atoms with Crippen LogP contribution < -0.4 is 4.90 Å². The highest BCUT2D eigenvalue weighted by Gasteiger charge is 2.43. The van der Waals surface area contributed by atoms with Gasteiger partial charge < -0.3 is 19.3 Å². The van der Waals surface area contributed by atoms with Gasteiger partial charge in [0.25, 0.3) is 0 Å². The number of thiazole rings is 1. The summed E-state index contributed by atoms with van der Waals surface area (Å²) in [6.07, 6.45) is 7.08. The van der Waals surface area contributed by atoms with Crippen molar-refractivity contribution in [2.45, 2.75) is 56.4 Å². The summed E-state index contributed by atoms with van der Waals surface area (Å²) >= 11 is 1.61. The number of carbonyl (C=O) groups is 1. The van der Waals surface area contributed by atoms with Gasteiger partial charge in [-0.2, -0.15) is 0 Å². The third-order valence-corrected chi connectivity index (χ3v) is 6.40. The number of hydrogen-bond acceptors (Lipinski definition) is 6. The Bertz CT molecular complexity index is 567. The van der Waals surface area contributed by atoms with Crippen molar-refractivity contribution in [1.29, 1.82) is 0 Å². The molecule has 0 N–H and O–H groups in total. The minimum absolute atomic E-state index is 0.0715. The van der Waals surface area contributed by atoms with Crippen molar-refractivity contribution in [1.82, 2.24) is 9.88 Å². The highest BCUT2D eigenvalue weighted by Crippen LogP contribution is 2.33. The largest absolute Gasteiger partial charge is 0.381 e. The van der Waals surface area contributed by atoms with Gasteiger partial charge in [-0.25, -0.2) is 4.98 Å². The van der Waals surface area contributed by atoms with Gasteiger partial charge in [0.05, 0.1) is 24.9 Å². The number of nitrogens with zero attached hydrogens (tertiary/aromatic N) is 3. The SMILES string of the molecule is COC1CCC2OCCN(C(=O)C3CCCN3c3nccs3)C2C1. The summed E-state index contributed by atoms with van der Waals surface area (Å²) in [5, 5.41) is 2.94. The van der Waals surface area contributed by atoms with Crippen LogP contribution in [0.4, 0.5) is 5.13 Å². The molecular weight excluding hydrogens is 326 g/mol. The number of anilines is 1. The third kappa shape index (κ3) is 2.93. The lowest BCUT2D eigenvalue weighted by Gasteiger charge is -2.46. The summed E-state index contributed by atoms with van der Waals surface area (Å²) in [4.78, 5) is 22.0. The van der Waals surface area contributed by atoms with Gasteiger partial charge in [-0.1, -0.05) is 0 Å². The maximum atomic E-state index is 13.3. The van der Waals surface area contributed by atoms with Crippen LogP contribution in [-0.4, -0.2) is 66.9 Å². The van der Waals surface area contributed by atoms with E-state index in [0.717, 1.165) is 43.8 Å². The molecule has 4 atom stereocenters. The monoisotopic (exact) mass is 351 g/mol. The highest BCUT2D eigenvalue weighted by atomic mass is 32.1. The zero-order chi connectivity index (χ0) is 16.5. The van der Waals surface area contributed by atoms with Crippen molar-refractivity contribution in [2.24, 2.45) is 0 Å². The summed E-state index contributed by atoms with van der Waals surface area (Å²) in [6.45, 7) is 2.26. The zero-order valence-corrected chi connectivity index (χ0v) is 14.9. The van der Waals surface area contributed by atoms with Gasteiger partial charge in [0.2, 0.25) is 5.91 Å². The number of fused-ring (bicyclic) bond motifs is 1. The second-order valence-corrected chi connectivity index (χ2v) is 7.72. The van der Waals surface area contributed by atoms with Crippen LogP contribution in [-0.2, 0) is 14.3 Å². The minimum Gasteiger partial charge on any atom is -0.381 e. The van der Waals surface area contributed by atoms with E-state index in [1.165, 1.54) is 0 Å². The van der Waals surface area contributed by atoms with E-state index in [4.69, 9.17) is 9.47 Å². The van der Waals surface area contributed by atoms with Crippen molar-refractivity contribution in [3.05, 3.63) is 11.6 Å². The van der Waals surface area contributed by atoms with Crippen LogP contribution in [0.3, 0.4) is 0 Å². The van der Waals surface area contributed by atoms with Crippen LogP contribution >= 0.6 is 11.3 Å². The van der Waals surface area contributed by atoms with Crippen molar-refractivity contribution < 1.29 is 14.3 Å². The van der Waals surface area contributed by atoms with E-state index >= 15 is 0 Å². The van der Waals surface area contributed by atoms with E-state index in [0.29, 0.717) is 13.2 Å². The molecule has 0 radical (unpaired) electrons. The van der Waals surface area contributed by atoms with Gasteiger partial charge in [-0.3, -0.25) is 4.79 Å². The molecule has 132 valence electrons. The predicted octanol–water partition coefficient (Wildman–Crippen LogP) is 1.91. The highest BCUT2D eigenvalue weighted by molar-refractivity contribution is 7.13. The molecule has 2 aliphatic heterocycles. The molecule has 1 aromatic rings. The lowest BCUT2D eigenvalue weighted by Crippen LogP contribution is -2.60. The topological polar surface area (TPSA) is 54.9 Å². The fourth-order valence-corrected chi connectivity index (χ4v) is 5.08. The van der Waals surface area contributed by atoms with Crippen molar-refractivity contribution in [2.75, 3.05) is 31.7 Å². The van der Waals surface area contributed by atoms with Gasteiger partial charge >= 0.3 is 0 Å². The Balaban J connectivity index is 1.52. The molecule has 0 aromatic carbocycles. The second-order valence-electron chi connectivity index (χ2n) is 6.85. The first-order valence-electron chi connectivity index (χ1n) is 8.89. The summed E-state index contributed by atoms with van der Waals surface area (Å²) in [6, 6.07) is 0.0847. The number of carbonyl (C=O) groups excluding carboxylic acids is 1. The Morgan fingerprint density at radius 3 is 3.08 bits per heavy atom. The average Bonchev–Trinajstić information content (AvgIpc) is 3.30. The van der Waals surface area contributed by atoms with E-state index < -0.39 is 0 Å². The van der Waals surface area contributed by atoms with Crippen molar-refractivity contribution in [3.63, 3.8) is 0 Å². The summed E-state index contributed by atoms with van der Waals surface area (Å²) < 4.78 is 11.5. The Labute approximate surface area is 146 Å². The van der Waals surface area contributed by atoms with Gasteiger partial charge in [0, 0.05) is 31.8 Å². The number of aromatic nitrogens is 1. The number of amides is 1. The molecule has 0 bridgehead atoms. The summed E-state index contributed by atoms with van der Waals surface area (Å²) in [5.74, 6) is 0.248. The molecule has 4 unspecified atom stereocenters. The number of ether oxygens (including phenoxy) is 2. The van der Waals surface area contributed by atoms with Crippen LogP contribution in [0.1, 0.15) is 32.1 Å². The first kappa shape index (κ1) is 16.3. The standard InChI is InChI=1S/C17H25N3O3S/c1-22-12-4-5-15-14(11-12)19(8-9-23-15)16(21)13-3-2-7-20(13)17-18-6-10-24-17/h6,10,12-15H,2-5,7-9,11H2,1H3. The average molecular weight is 351 g/mol. The minimum atomic E-state index is -0.0715. The number of morpholine rings is 1. The molecule has 1 aliphatic carbocycles. The molecule has 3 aliphatic rings. The van der Waals surface area contributed by atoms with E-state index in [2.05, 4.69) is 14.8 Å². The van der Waals surface area contributed by atoms with Gasteiger partial charge in [-0.15, -0.1) is 11.3 Å². The Morgan fingerprint density at radius 1 is 1.38 bits per heavy atom. The maximum absolute atomic E-state index is 13.3. The van der Waals surface area contributed by atoms with E-state index in [1.807, 2.05) is 11.6 Å². The molecule has 0 spiro atoms. The predicted molar refractivity (Wildman–Crippen MR) is 92.4 cm³/mol. The van der Waals surface area contributed by atoms with Crippen LogP contribution in [0.15, 0.2) is 11.6 Å². The Hall–Kier alpha value is -1.18. The van der Waals surface area contributed by atoms with E-state index in [-0.39, 0.29) is 30.2 Å². The molecule has 1 aromatic heterocycles. The molecule has 2 saturated heterocycles. The summed E-state index contributed by atoms with van der Waals surface area (Å²) in [7, 11) is 1.77. The first-order valence-corrected chi connectivity index (χ1v) is 9.77. The fourth-order valence-electron chi connectivity index (χ4n) is 4.36. The Morgan fingerprint density at radius 2 is 2.29 bits per heavy atom. The van der Waals surface area contributed by atoms with Crippen molar-refractivity contribution in [3.8, 4) is 0 Å². The smallest absolute Gasteiger partial charge is 0.245 e.